The predicted molar refractivity (Wildman–Crippen MR) is 251 cm³/mol. The highest BCUT2D eigenvalue weighted by Crippen LogP contribution is 2.26. The van der Waals surface area contributed by atoms with Crippen molar-refractivity contribution in [1.82, 2.24) is 5.32 Å². The third-order valence-corrected chi connectivity index (χ3v) is 12.2. The van der Waals surface area contributed by atoms with Crippen molar-refractivity contribution in [3.05, 3.63) is 36.5 Å². The lowest BCUT2D eigenvalue weighted by Gasteiger charge is -2.41. The Kier molecular flexibility index (Phi) is 37.1. The van der Waals surface area contributed by atoms with Crippen LogP contribution in [0.2, 0.25) is 0 Å². The molecule has 0 aromatic heterocycles. The summed E-state index contributed by atoms with van der Waals surface area (Å²) in [7, 11) is -5.12. The number of allylic oxidation sites excluding steroid dienone is 5. The molecule has 0 aromatic rings. The number of hydrogen-bond acceptors (Lipinski definition) is 11. The maximum atomic E-state index is 13.1. The third kappa shape index (κ3) is 31.8. The number of ether oxygens (including phenoxy) is 2. The van der Waals surface area contributed by atoms with Crippen molar-refractivity contribution in [3.8, 4) is 0 Å². The Morgan fingerprint density at radius 2 is 1.06 bits per heavy atom. The minimum absolute atomic E-state index is 0.230. The molecule has 14 heteroatoms. The quantitative estimate of drug-likeness (QED) is 0.0174. The van der Waals surface area contributed by atoms with Crippen LogP contribution in [0.3, 0.4) is 0 Å². The van der Waals surface area contributed by atoms with Gasteiger partial charge in [-0.1, -0.05) is 185 Å². The zero-order valence-corrected chi connectivity index (χ0v) is 40.1. The summed E-state index contributed by atoms with van der Waals surface area (Å²) in [4.78, 5) is 13.1. The summed E-state index contributed by atoms with van der Waals surface area (Å²) in [5, 5.41) is 55.2. The third-order valence-electron chi connectivity index (χ3n) is 11.8. The number of carbonyl (C=O) groups is 1. The Bertz CT molecular complexity index is 1280. The second-order valence-electron chi connectivity index (χ2n) is 17.5. The van der Waals surface area contributed by atoms with E-state index < -0.39 is 78.5 Å². The maximum absolute atomic E-state index is 13.1. The minimum Gasteiger partial charge on any atom is -0.394 e. The number of aliphatic hydroxyl groups excluding tert-OH is 5. The Hall–Kier alpha value is -1.72. The Morgan fingerprint density at radius 1 is 0.635 bits per heavy atom. The molecule has 1 heterocycles. The zero-order chi connectivity index (χ0) is 46.4. The van der Waals surface area contributed by atoms with Gasteiger partial charge in [0.25, 0.3) is 0 Å². The molecule has 1 aliphatic heterocycles. The number of amides is 1. The number of carbonyl (C=O) groups excluding carboxylic acids is 1. The molecule has 370 valence electrons. The van der Waals surface area contributed by atoms with Gasteiger partial charge < -0.3 is 40.3 Å². The van der Waals surface area contributed by atoms with Crippen LogP contribution < -0.4 is 5.32 Å². The van der Waals surface area contributed by atoms with Gasteiger partial charge in [0.15, 0.2) is 6.29 Å². The highest BCUT2D eigenvalue weighted by Gasteiger charge is 2.48. The molecule has 0 bridgehead atoms. The van der Waals surface area contributed by atoms with Crippen molar-refractivity contribution in [2.24, 2.45) is 0 Å². The summed E-state index contributed by atoms with van der Waals surface area (Å²) in [6.45, 7) is 3.20. The lowest BCUT2D eigenvalue weighted by molar-refractivity contribution is -0.298. The van der Waals surface area contributed by atoms with E-state index in [1.54, 1.807) is 6.08 Å². The van der Waals surface area contributed by atoms with E-state index in [1.807, 2.05) is 0 Å². The molecule has 13 nitrogen and oxygen atoms in total. The van der Waals surface area contributed by atoms with Gasteiger partial charge in [-0.3, -0.25) is 9.35 Å². The number of rotatable bonds is 42. The fourth-order valence-electron chi connectivity index (χ4n) is 7.77. The van der Waals surface area contributed by atoms with Crippen LogP contribution in [0.1, 0.15) is 206 Å². The standard InChI is InChI=1S/C49H91NO12S/c1-3-5-7-9-11-13-15-17-19-20-21-22-23-24-26-28-30-32-34-36-38-43(53)48(56)50-41(40-60-49-46(55)47(62-63(57,58)59)45(54)44(39-51)61-49)42(52)37-35-33-31-29-27-25-18-16-14-12-10-8-6-4-2/h22-23,27,29,35,37,41-47,49,51-55H,3-21,24-26,28,30-34,36,38-40H2,1-2H3,(H,50,56)(H,57,58,59)/b23-22-,29-27+,37-35+. The highest BCUT2D eigenvalue weighted by molar-refractivity contribution is 7.80. The van der Waals surface area contributed by atoms with Crippen molar-refractivity contribution >= 4 is 16.3 Å². The van der Waals surface area contributed by atoms with E-state index in [9.17, 15) is 43.3 Å². The first kappa shape index (κ1) is 59.3. The first-order valence-corrected chi connectivity index (χ1v) is 26.3. The number of hydrogen-bond donors (Lipinski definition) is 7. The van der Waals surface area contributed by atoms with Gasteiger partial charge in [0.05, 0.1) is 25.4 Å². The van der Waals surface area contributed by atoms with E-state index >= 15 is 0 Å². The van der Waals surface area contributed by atoms with E-state index in [2.05, 4.69) is 47.7 Å². The average Bonchev–Trinajstić information content (AvgIpc) is 3.25. The number of nitrogens with one attached hydrogen (secondary N) is 1. The van der Waals surface area contributed by atoms with E-state index in [1.165, 1.54) is 115 Å². The molecule has 8 unspecified atom stereocenters. The van der Waals surface area contributed by atoms with Crippen LogP contribution in [0.4, 0.5) is 0 Å². The molecule has 0 aromatic carbocycles. The molecule has 8 atom stereocenters. The van der Waals surface area contributed by atoms with Gasteiger partial charge in [0.2, 0.25) is 5.91 Å². The van der Waals surface area contributed by atoms with Crippen molar-refractivity contribution < 1.29 is 57.0 Å². The van der Waals surface area contributed by atoms with Crippen molar-refractivity contribution in [2.45, 2.75) is 255 Å². The normalized spacial score (nSPS) is 21.2. The molecule has 0 spiro atoms. The van der Waals surface area contributed by atoms with Gasteiger partial charge in [-0.2, -0.15) is 8.42 Å². The van der Waals surface area contributed by atoms with E-state index in [-0.39, 0.29) is 6.42 Å². The van der Waals surface area contributed by atoms with Gasteiger partial charge >= 0.3 is 10.4 Å². The summed E-state index contributed by atoms with van der Waals surface area (Å²) in [5.41, 5.74) is 0. The molecular formula is C49H91NO12S. The Morgan fingerprint density at radius 3 is 1.52 bits per heavy atom. The van der Waals surface area contributed by atoms with Crippen LogP contribution in [0.5, 0.6) is 0 Å². The molecule has 63 heavy (non-hydrogen) atoms. The van der Waals surface area contributed by atoms with Crippen LogP contribution in [0.15, 0.2) is 36.5 Å². The van der Waals surface area contributed by atoms with Crippen LogP contribution >= 0.6 is 0 Å². The van der Waals surface area contributed by atoms with Crippen molar-refractivity contribution in [1.29, 1.82) is 0 Å². The van der Waals surface area contributed by atoms with E-state index in [4.69, 9.17) is 9.47 Å². The molecule has 1 aliphatic rings. The topological polar surface area (TPSA) is 212 Å². The van der Waals surface area contributed by atoms with Gasteiger partial charge in [0.1, 0.15) is 30.5 Å². The van der Waals surface area contributed by atoms with Gasteiger partial charge in [-0.15, -0.1) is 0 Å². The van der Waals surface area contributed by atoms with Crippen molar-refractivity contribution in [3.63, 3.8) is 0 Å². The second-order valence-corrected chi connectivity index (χ2v) is 18.6. The summed E-state index contributed by atoms with van der Waals surface area (Å²) < 4.78 is 47.5. The molecular weight excluding hydrogens is 827 g/mol. The Labute approximate surface area is 382 Å². The molecule has 0 radical (unpaired) electrons. The monoisotopic (exact) mass is 918 g/mol. The van der Waals surface area contributed by atoms with Gasteiger partial charge in [-0.25, -0.2) is 4.18 Å². The molecule has 1 saturated heterocycles. The molecule has 0 aliphatic carbocycles. The first-order valence-electron chi connectivity index (χ1n) is 25.0. The zero-order valence-electron chi connectivity index (χ0n) is 39.3. The van der Waals surface area contributed by atoms with E-state index in [0.29, 0.717) is 12.8 Å². The van der Waals surface area contributed by atoms with Crippen LogP contribution in [-0.4, -0.2) is 107 Å². The molecule has 1 rings (SSSR count). The average molecular weight is 918 g/mol. The highest BCUT2D eigenvalue weighted by atomic mass is 32.3. The molecule has 1 fully saturated rings. The largest absolute Gasteiger partial charge is 0.397 e. The lowest BCUT2D eigenvalue weighted by atomic mass is 9.99. The van der Waals surface area contributed by atoms with Gasteiger partial charge in [-0.05, 0) is 57.8 Å². The van der Waals surface area contributed by atoms with Crippen LogP contribution in [0.25, 0.3) is 0 Å². The van der Waals surface area contributed by atoms with Gasteiger partial charge in [0, 0.05) is 0 Å². The smallest absolute Gasteiger partial charge is 0.394 e. The van der Waals surface area contributed by atoms with Crippen LogP contribution in [-0.2, 0) is 28.9 Å². The number of unbranched alkanes of at least 4 members (excludes halogenated alkanes) is 25. The molecule has 1 amide bonds. The second kappa shape index (κ2) is 39.4. The number of aliphatic hydroxyl groups is 5. The fourth-order valence-corrected chi connectivity index (χ4v) is 8.27. The first-order chi connectivity index (χ1) is 30.4. The fraction of sp³-hybridized carbons (Fsp3) is 0.857. The summed E-state index contributed by atoms with van der Waals surface area (Å²) in [5.74, 6) is -0.717. The lowest BCUT2D eigenvalue weighted by Crippen LogP contribution is -2.61. The molecule has 7 N–H and O–H groups in total. The minimum atomic E-state index is -5.12. The molecule has 0 saturated carbocycles. The Balaban J connectivity index is 2.54. The summed E-state index contributed by atoms with van der Waals surface area (Å²) >= 11 is 0. The SMILES string of the molecule is CCCCCCCCCC/C=C/CC/C=C/C(O)C(COC1OC(CO)C(O)C(OS(=O)(=O)O)C1O)NC(=O)C(O)CCCCCCCC/C=C\CCCCCCCCCCCC. The maximum Gasteiger partial charge on any atom is 0.397 e. The predicted octanol–water partition coefficient (Wildman–Crippen LogP) is 9.25. The summed E-state index contributed by atoms with van der Waals surface area (Å²) in [6.07, 6.45) is 35.1. The van der Waals surface area contributed by atoms with Crippen molar-refractivity contribution in [2.75, 3.05) is 13.2 Å². The van der Waals surface area contributed by atoms with Crippen LogP contribution in [0, 0.1) is 0 Å². The summed E-state index contributed by atoms with van der Waals surface area (Å²) in [6, 6.07) is -1.14. The van der Waals surface area contributed by atoms with E-state index in [0.717, 1.165) is 64.2 Å².